The zero-order valence-corrected chi connectivity index (χ0v) is 17.4. The number of H-pyrrole nitrogens is 1. The van der Waals surface area contributed by atoms with Gasteiger partial charge in [-0.25, -0.2) is 4.79 Å². The Bertz CT molecular complexity index is 715. The van der Waals surface area contributed by atoms with Gasteiger partial charge in [0.15, 0.2) is 0 Å². The smallest absolute Gasteiger partial charge is 0.328 e. The van der Waals surface area contributed by atoms with Crippen LogP contribution < -0.4 is 16.6 Å². The Kier molecular flexibility index (Phi) is 10.9. The van der Waals surface area contributed by atoms with Crippen LogP contribution in [0.3, 0.4) is 0 Å². The average molecular weight is 612 g/mol. The van der Waals surface area contributed by atoms with Crippen molar-refractivity contribution in [3.63, 3.8) is 0 Å². The summed E-state index contributed by atoms with van der Waals surface area (Å²) in [5, 5.41) is 11.2. The number of aromatic nitrogens is 2. The molecule has 152 valence electrons. The van der Waals surface area contributed by atoms with Crippen LogP contribution in [0.1, 0.15) is 26.3 Å². The molecule has 0 aliphatic carbocycles. The van der Waals surface area contributed by atoms with Gasteiger partial charge in [-0.05, 0) is 13.8 Å². The van der Waals surface area contributed by atoms with E-state index in [4.69, 9.17) is 5.11 Å². The van der Waals surface area contributed by atoms with Crippen molar-refractivity contribution < 1.29 is 19.5 Å². The fourth-order valence-corrected chi connectivity index (χ4v) is 1.88. The summed E-state index contributed by atoms with van der Waals surface area (Å²) in [6.07, 6.45) is 2.68. The Morgan fingerprint density at radius 1 is 1.38 bits per heavy atom. The molecule has 0 saturated heterocycles. The van der Waals surface area contributed by atoms with E-state index in [0.29, 0.717) is 0 Å². The van der Waals surface area contributed by atoms with E-state index in [1.54, 1.807) is 6.92 Å². The molecule has 0 aliphatic heterocycles. The van der Waals surface area contributed by atoms with Crippen LogP contribution >= 0.6 is 0 Å². The maximum Gasteiger partial charge on any atom is 0.328 e. The van der Waals surface area contributed by atoms with Crippen LogP contribution in [0.25, 0.3) is 0 Å². The molecule has 0 spiro atoms. The van der Waals surface area contributed by atoms with Crippen molar-refractivity contribution in [2.24, 2.45) is 0 Å². The molecule has 1 heterocycles. The van der Waals surface area contributed by atoms with Crippen molar-refractivity contribution in [2.75, 3.05) is 13.1 Å². The molecule has 3 N–H and O–H groups in total. The molecule has 11 heteroatoms. The monoisotopic (exact) mass is 612 g/mol. The number of carbonyl (C=O) groups is 2. The van der Waals surface area contributed by atoms with E-state index < -0.39 is 42.3 Å². The first-order valence-corrected chi connectivity index (χ1v) is 7.67. The zero-order chi connectivity index (χ0) is 19.6. The molecule has 1 atom stereocenters. The molecule has 0 radical (unpaired) electrons. The van der Waals surface area contributed by atoms with E-state index in [-0.39, 0.29) is 12.1 Å². The van der Waals surface area contributed by atoms with Gasteiger partial charge in [-0.1, -0.05) is 13.8 Å². The molecular formula is C15H23FmN4O6-. The van der Waals surface area contributed by atoms with Crippen molar-refractivity contribution in [3.8, 4) is 0 Å². The largest absolute Gasteiger partial charge is 0.526 e. The van der Waals surface area contributed by atoms with Gasteiger partial charge < -0.3 is 20.1 Å². The average Bonchev–Trinajstić information content (AvgIpc) is 2.53. The molecule has 10 nitrogen and oxygen atoms in total. The second-order valence-electron chi connectivity index (χ2n) is 5.01. The summed E-state index contributed by atoms with van der Waals surface area (Å²) in [4.78, 5) is 59.3. The number of nitrogens with zero attached hydrogens (tertiary/aromatic N) is 2. The number of carboxylic acids is 1. The van der Waals surface area contributed by atoms with Crippen LogP contribution in [0, 0.1) is 6.92 Å². The number of aromatic amines is 1. The van der Waals surface area contributed by atoms with E-state index in [9.17, 15) is 24.0 Å². The SMILES string of the molecule is CC.Cc1cn(CC(=O)N(CC(=O)O)CC(C)N[C-]=O)c(=O)[nH]c1=O.[Fm]. The summed E-state index contributed by atoms with van der Waals surface area (Å²) < 4.78 is 0.984. The Labute approximate surface area is 144 Å². The molecule has 1 aromatic heterocycles. The van der Waals surface area contributed by atoms with Gasteiger partial charge in [0, 0.05) is 24.3 Å². The number of aliphatic carboxylic acids is 1. The van der Waals surface area contributed by atoms with Crippen molar-refractivity contribution >= 4 is 18.3 Å². The summed E-state index contributed by atoms with van der Waals surface area (Å²) >= 11 is 0. The molecular weight excluding hydrogens is 589 g/mol. The van der Waals surface area contributed by atoms with Crippen LogP contribution in [-0.2, 0) is 20.9 Å². The standard InChI is InChI=1S/C13H17N4O6.C2H6.Fm/c1-8-3-17(13(23)15-12(8)22)5-10(19)16(6-11(20)21)4-9(2)14-7-18;1-2;/h3,9H,4-6H2,1-2H3,(H,14,18)(H,20,21)(H,15,22,23);1-2H3;/q-1;;. The number of hydrogen-bond acceptors (Lipinski definition) is 5. The minimum absolute atomic E-state index is 0. The van der Waals surface area contributed by atoms with E-state index >= 15 is 0 Å². The Morgan fingerprint density at radius 2 is 1.96 bits per heavy atom. The van der Waals surface area contributed by atoms with Crippen LogP contribution in [-0.4, -0.2) is 57.0 Å². The van der Waals surface area contributed by atoms with Crippen LogP contribution in [0.15, 0.2) is 15.8 Å². The van der Waals surface area contributed by atoms with Crippen LogP contribution in [0.2, 0.25) is 0 Å². The topological polar surface area (TPSA) is 142 Å². The predicted molar refractivity (Wildman–Crippen MR) is 89.9 cm³/mol. The zero-order valence-electron chi connectivity index (χ0n) is 14.9. The van der Waals surface area contributed by atoms with E-state index in [0.717, 1.165) is 9.47 Å². The Morgan fingerprint density at radius 3 is 2.46 bits per heavy atom. The number of rotatable bonds is 8. The summed E-state index contributed by atoms with van der Waals surface area (Å²) in [6.45, 7) is 5.98. The molecule has 1 rings (SSSR count). The van der Waals surface area contributed by atoms with Crippen molar-refractivity contribution in [2.45, 2.75) is 40.3 Å². The van der Waals surface area contributed by atoms with Gasteiger partial charge in [0.25, 0.3) is 5.56 Å². The van der Waals surface area contributed by atoms with E-state index in [2.05, 4.69) is 10.3 Å². The normalized spacial score (nSPS) is 10.5. The molecule has 0 saturated carbocycles. The fourth-order valence-electron chi connectivity index (χ4n) is 1.88. The van der Waals surface area contributed by atoms with Gasteiger partial charge >= 0.3 is 11.7 Å². The predicted octanol–water partition coefficient (Wildman–Crippen LogP) is -1.17. The van der Waals surface area contributed by atoms with Gasteiger partial charge in [0.2, 0.25) is 5.91 Å². The number of carbonyl (C=O) groups excluding carboxylic acids is 2. The Balaban J connectivity index is 0. The van der Waals surface area contributed by atoms with Gasteiger partial charge in [0.1, 0.15) is 13.1 Å². The van der Waals surface area contributed by atoms with E-state index in [1.165, 1.54) is 19.5 Å². The Hall–Kier alpha value is -3.91. The first kappa shape index (κ1) is 24.3. The van der Waals surface area contributed by atoms with Crippen LogP contribution in [0.4, 0.5) is 0 Å². The third-order valence-corrected chi connectivity index (χ3v) is 2.97. The molecule has 1 unspecified atom stereocenters. The first-order valence-electron chi connectivity index (χ1n) is 7.67. The summed E-state index contributed by atoms with van der Waals surface area (Å²) in [6, 6.07) is -0.509. The first-order chi connectivity index (χ1) is 11.7. The molecule has 0 bridgehead atoms. The second kappa shape index (κ2) is 11.6. The minimum Gasteiger partial charge on any atom is -0.526 e. The molecule has 2 amide bonds. The van der Waals surface area contributed by atoms with Gasteiger partial charge in [-0.2, -0.15) is 6.41 Å². The number of carboxylic acid groups (broad SMARTS) is 1. The molecule has 0 aliphatic rings. The minimum atomic E-state index is -1.23. The number of hydrogen-bond donors (Lipinski definition) is 3. The number of nitrogens with one attached hydrogen (secondary N) is 2. The van der Waals surface area contributed by atoms with E-state index in [1.807, 2.05) is 13.8 Å². The maximum absolute atomic E-state index is 12.2. The summed E-state index contributed by atoms with van der Waals surface area (Å²) in [5.41, 5.74) is -1.08. The van der Waals surface area contributed by atoms with Crippen molar-refractivity contribution in [1.29, 1.82) is 0 Å². The molecule has 1 aromatic rings. The maximum atomic E-state index is 12.2. The summed E-state index contributed by atoms with van der Waals surface area (Å²) in [7, 11) is 0. The molecule has 26 heavy (non-hydrogen) atoms. The van der Waals surface area contributed by atoms with Crippen molar-refractivity contribution in [3.05, 3.63) is 32.6 Å². The summed E-state index contributed by atoms with van der Waals surface area (Å²) in [5.74, 6) is -1.87. The fraction of sp³-hybridized carbons (Fsp3) is 0.533. The van der Waals surface area contributed by atoms with Gasteiger partial charge in [-0.15, -0.1) is 0 Å². The number of amides is 2. The van der Waals surface area contributed by atoms with Gasteiger partial charge in [0.05, 0.1) is 0 Å². The third kappa shape index (κ3) is 7.57. The molecule has 0 aromatic carbocycles. The number of aryl methyl sites for hydroxylation is 1. The van der Waals surface area contributed by atoms with Crippen LogP contribution in [0.5, 0.6) is 0 Å². The van der Waals surface area contributed by atoms with Gasteiger partial charge in [-0.3, -0.25) is 23.9 Å². The quantitative estimate of drug-likeness (QED) is 0.250. The second-order valence-corrected chi connectivity index (χ2v) is 5.01. The molecule has 0 fully saturated rings. The third-order valence-electron chi connectivity index (χ3n) is 2.97. The van der Waals surface area contributed by atoms with Crippen molar-refractivity contribution in [1.82, 2.24) is 19.8 Å².